The van der Waals surface area contributed by atoms with Crippen LogP contribution in [0.25, 0.3) is 0 Å². The van der Waals surface area contributed by atoms with Crippen molar-refractivity contribution >= 4 is 22.0 Å². The number of carbonyl (C=O) groups excluding carboxylic acids is 1. The molecule has 0 radical (unpaired) electrons. The number of hydrogen-bond donors (Lipinski definition) is 0. The van der Waals surface area contributed by atoms with Crippen LogP contribution in [0, 0.1) is 16.7 Å². The van der Waals surface area contributed by atoms with E-state index in [4.69, 9.17) is 4.74 Å². The van der Waals surface area contributed by atoms with Crippen molar-refractivity contribution in [2.45, 2.75) is 45.3 Å². The van der Waals surface area contributed by atoms with Crippen LogP contribution >= 0.6 is 15.9 Å². The Morgan fingerprint density at radius 2 is 1.86 bits per heavy atom. The van der Waals surface area contributed by atoms with Gasteiger partial charge in [0.2, 0.25) is 0 Å². The van der Waals surface area contributed by atoms with Gasteiger partial charge in [0.15, 0.2) is 0 Å². The Labute approximate surface area is 175 Å². The minimum Gasteiger partial charge on any atom is -0.438 e. The molecule has 1 heterocycles. The Balaban J connectivity index is 1.88. The summed E-state index contributed by atoms with van der Waals surface area (Å²) in [6.45, 7) is 6.37. The topological polar surface area (TPSA) is 53.3 Å². The summed E-state index contributed by atoms with van der Waals surface area (Å²) in [5.41, 5.74) is 0.621. The molecule has 0 N–H and O–H groups in total. The van der Waals surface area contributed by atoms with Crippen LogP contribution in [0.4, 0.5) is 4.79 Å². The van der Waals surface area contributed by atoms with E-state index in [1.165, 1.54) is 0 Å². The summed E-state index contributed by atoms with van der Waals surface area (Å²) in [6.07, 6.45) is 0.779. The lowest BCUT2D eigenvalue weighted by Crippen LogP contribution is -2.50. The maximum atomic E-state index is 13.1. The summed E-state index contributed by atoms with van der Waals surface area (Å²) >= 11 is 3.45. The van der Waals surface area contributed by atoms with Gasteiger partial charge in [-0.1, -0.05) is 58.4 Å². The van der Waals surface area contributed by atoms with Gasteiger partial charge >= 0.3 is 6.09 Å². The molecule has 0 aliphatic carbocycles. The average molecular weight is 441 g/mol. The lowest BCUT2D eigenvalue weighted by Gasteiger charge is -2.45. The number of carbonyl (C=O) groups is 1. The van der Waals surface area contributed by atoms with E-state index in [0.29, 0.717) is 19.4 Å². The SMILES string of the molecule is C[C@@H](c1ccc(Br)cc1)N1CC[C@@](CC(C)(C)C#N)(c2ccccc2)OC1=O. The minimum absolute atomic E-state index is 0.0849. The Bertz CT molecular complexity index is 874. The first-order chi connectivity index (χ1) is 13.3. The Morgan fingerprint density at radius 3 is 2.43 bits per heavy atom. The Kier molecular flexibility index (Phi) is 5.81. The molecular formula is C23H25BrN2O2. The molecule has 0 aromatic heterocycles. The van der Waals surface area contributed by atoms with Crippen LogP contribution < -0.4 is 0 Å². The molecule has 1 aliphatic rings. The highest BCUT2D eigenvalue weighted by atomic mass is 79.9. The van der Waals surface area contributed by atoms with E-state index in [2.05, 4.69) is 22.0 Å². The van der Waals surface area contributed by atoms with Gasteiger partial charge < -0.3 is 9.64 Å². The quantitative estimate of drug-likeness (QED) is 0.556. The molecule has 0 saturated carbocycles. The zero-order valence-corrected chi connectivity index (χ0v) is 18.1. The highest BCUT2D eigenvalue weighted by Crippen LogP contribution is 2.44. The van der Waals surface area contributed by atoms with Crippen molar-refractivity contribution in [2.75, 3.05) is 6.54 Å². The maximum absolute atomic E-state index is 13.1. The predicted octanol–water partition coefficient (Wildman–Crippen LogP) is 6.19. The summed E-state index contributed by atoms with van der Waals surface area (Å²) in [5, 5.41) is 9.56. The molecule has 5 heteroatoms. The van der Waals surface area contributed by atoms with Crippen molar-refractivity contribution in [2.24, 2.45) is 5.41 Å². The monoisotopic (exact) mass is 440 g/mol. The number of halogens is 1. The van der Waals surface area contributed by atoms with Crippen molar-refractivity contribution in [1.29, 1.82) is 5.26 Å². The molecule has 146 valence electrons. The van der Waals surface area contributed by atoms with E-state index < -0.39 is 11.0 Å². The van der Waals surface area contributed by atoms with Crippen LogP contribution in [0.15, 0.2) is 59.1 Å². The van der Waals surface area contributed by atoms with E-state index in [1.807, 2.05) is 75.4 Å². The molecule has 1 amide bonds. The standard InChI is InChI=1S/C23H25BrN2O2/c1-17(18-9-11-20(24)12-10-18)26-14-13-23(28-21(26)27,15-22(2,3)16-25)19-7-5-4-6-8-19/h4-12,17H,13-15H2,1-3H3/t17-,23+/m0/s1. The first kappa shape index (κ1) is 20.4. The number of amides is 1. The normalized spacial score (nSPS) is 21.0. The van der Waals surface area contributed by atoms with E-state index in [1.54, 1.807) is 4.90 Å². The average Bonchev–Trinajstić information content (AvgIpc) is 2.68. The fraction of sp³-hybridized carbons (Fsp3) is 0.391. The first-order valence-electron chi connectivity index (χ1n) is 9.48. The molecule has 2 aromatic rings. The summed E-state index contributed by atoms with van der Waals surface area (Å²) < 4.78 is 7.11. The van der Waals surface area contributed by atoms with Crippen molar-refractivity contribution in [3.63, 3.8) is 0 Å². The van der Waals surface area contributed by atoms with Gasteiger partial charge in [-0.05, 0) is 44.0 Å². The fourth-order valence-electron chi connectivity index (χ4n) is 3.87. The van der Waals surface area contributed by atoms with E-state index >= 15 is 0 Å². The number of cyclic esters (lactones) is 1. The van der Waals surface area contributed by atoms with Crippen molar-refractivity contribution in [1.82, 2.24) is 4.90 Å². The lowest BCUT2D eigenvalue weighted by molar-refractivity contribution is -0.0770. The van der Waals surface area contributed by atoms with Gasteiger partial charge in [0, 0.05) is 23.9 Å². The number of rotatable bonds is 5. The Hall–Kier alpha value is -2.32. The molecule has 1 fully saturated rings. The van der Waals surface area contributed by atoms with Gasteiger partial charge in [-0.25, -0.2) is 4.79 Å². The van der Waals surface area contributed by atoms with Crippen molar-refractivity contribution < 1.29 is 9.53 Å². The van der Waals surface area contributed by atoms with Crippen LogP contribution in [-0.4, -0.2) is 17.5 Å². The zero-order valence-electron chi connectivity index (χ0n) is 16.5. The predicted molar refractivity (Wildman–Crippen MR) is 112 cm³/mol. The van der Waals surface area contributed by atoms with Gasteiger partial charge in [-0.2, -0.15) is 5.26 Å². The molecule has 1 saturated heterocycles. The Morgan fingerprint density at radius 1 is 1.21 bits per heavy atom. The fourth-order valence-corrected chi connectivity index (χ4v) is 4.13. The maximum Gasteiger partial charge on any atom is 0.411 e. The summed E-state index contributed by atoms with van der Waals surface area (Å²) in [5.74, 6) is 0. The van der Waals surface area contributed by atoms with Crippen LogP contribution in [0.2, 0.25) is 0 Å². The summed E-state index contributed by atoms with van der Waals surface area (Å²) in [4.78, 5) is 14.8. The third-order valence-corrected chi connectivity index (χ3v) is 5.95. The molecular weight excluding hydrogens is 416 g/mol. The zero-order chi connectivity index (χ0) is 20.4. The number of nitriles is 1. The van der Waals surface area contributed by atoms with Gasteiger partial charge in [-0.15, -0.1) is 0 Å². The molecule has 2 aromatic carbocycles. The molecule has 28 heavy (non-hydrogen) atoms. The molecule has 0 unspecified atom stereocenters. The van der Waals surface area contributed by atoms with E-state index in [0.717, 1.165) is 15.6 Å². The lowest BCUT2D eigenvalue weighted by atomic mass is 9.75. The number of hydrogen-bond acceptors (Lipinski definition) is 3. The number of ether oxygens (including phenoxy) is 1. The molecule has 0 spiro atoms. The largest absolute Gasteiger partial charge is 0.438 e. The number of nitrogens with zero attached hydrogens (tertiary/aromatic N) is 2. The third-order valence-electron chi connectivity index (χ3n) is 5.42. The molecule has 0 bridgehead atoms. The van der Waals surface area contributed by atoms with Gasteiger partial charge in [0.05, 0.1) is 17.5 Å². The van der Waals surface area contributed by atoms with Crippen LogP contribution in [0.1, 0.15) is 50.8 Å². The summed E-state index contributed by atoms with van der Waals surface area (Å²) in [7, 11) is 0. The van der Waals surface area contributed by atoms with Gasteiger partial charge in [0.25, 0.3) is 0 Å². The van der Waals surface area contributed by atoms with E-state index in [-0.39, 0.29) is 12.1 Å². The van der Waals surface area contributed by atoms with E-state index in [9.17, 15) is 10.1 Å². The van der Waals surface area contributed by atoms with Gasteiger partial charge in [0.1, 0.15) is 5.60 Å². The second-order valence-electron chi connectivity index (χ2n) is 8.07. The highest BCUT2D eigenvalue weighted by Gasteiger charge is 2.46. The highest BCUT2D eigenvalue weighted by molar-refractivity contribution is 9.10. The van der Waals surface area contributed by atoms with Crippen molar-refractivity contribution in [3.05, 3.63) is 70.2 Å². The smallest absolute Gasteiger partial charge is 0.411 e. The summed E-state index contributed by atoms with van der Waals surface area (Å²) in [6, 6.07) is 20.0. The number of benzene rings is 2. The molecule has 2 atom stereocenters. The second kappa shape index (κ2) is 7.97. The minimum atomic E-state index is -0.784. The molecule has 3 rings (SSSR count). The third kappa shape index (κ3) is 4.23. The van der Waals surface area contributed by atoms with Crippen LogP contribution in [0.5, 0.6) is 0 Å². The van der Waals surface area contributed by atoms with Crippen LogP contribution in [0.3, 0.4) is 0 Å². The molecule has 4 nitrogen and oxygen atoms in total. The second-order valence-corrected chi connectivity index (χ2v) is 8.99. The first-order valence-corrected chi connectivity index (χ1v) is 10.3. The van der Waals surface area contributed by atoms with Crippen molar-refractivity contribution in [3.8, 4) is 6.07 Å². The van der Waals surface area contributed by atoms with Gasteiger partial charge in [-0.3, -0.25) is 0 Å². The molecule has 1 aliphatic heterocycles. The van der Waals surface area contributed by atoms with Crippen LogP contribution in [-0.2, 0) is 10.3 Å².